The SMILES string of the molecule is CCOC(=O)C1=C(C)N=c2s/c(=C\c3ccc(-c4ccc(Cl)cc4[N+](=O)[O-])o3)c(=O)n2C1c1ccc(OC)cc1. The Hall–Kier alpha value is -4.48. The number of nitro benzene ring substituents is 1. The molecule has 10 nitrogen and oxygen atoms in total. The van der Waals surface area contributed by atoms with Crippen molar-refractivity contribution in [2.75, 3.05) is 13.7 Å². The highest BCUT2D eigenvalue weighted by Crippen LogP contribution is 2.34. The molecule has 1 atom stereocenters. The molecule has 2 aromatic carbocycles. The van der Waals surface area contributed by atoms with Crippen LogP contribution < -0.4 is 19.6 Å². The van der Waals surface area contributed by atoms with Crippen LogP contribution in [0.3, 0.4) is 0 Å². The van der Waals surface area contributed by atoms with Crippen LogP contribution in [0.25, 0.3) is 17.4 Å². The molecule has 0 N–H and O–H groups in total. The van der Waals surface area contributed by atoms with Gasteiger partial charge in [0.05, 0.1) is 46.0 Å². The third-order valence-corrected chi connectivity index (χ3v) is 7.49. The van der Waals surface area contributed by atoms with Crippen LogP contribution in [-0.2, 0) is 9.53 Å². The van der Waals surface area contributed by atoms with Crippen LogP contribution in [0.4, 0.5) is 5.69 Å². The highest BCUT2D eigenvalue weighted by molar-refractivity contribution is 7.07. The van der Waals surface area contributed by atoms with Gasteiger partial charge in [0.25, 0.3) is 11.2 Å². The maximum absolute atomic E-state index is 13.8. The summed E-state index contributed by atoms with van der Waals surface area (Å²) in [6.07, 6.45) is 1.55. The van der Waals surface area contributed by atoms with Gasteiger partial charge in [-0.25, -0.2) is 9.79 Å². The van der Waals surface area contributed by atoms with Gasteiger partial charge >= 0.3 is 5.97 Å². The van der Waals surface area contributed by atoms with E-state index in [0.29, 0.717) is 32.1 Å². The van der Waals surface area contributed by atoms with Crippen LogP contribution in [0.2, 0.25) is 5.02 Å². The lowest BCUT2D eigenvalue weighted by Crippen LogP contribution is -2.39. The Bertz CT molecular complexity index is 1850. The highest BCUT2D eigenvalue weighted by atomic mass is 35.5. The molecule has 0 aliphatic carbocycles. The number of methoxy groups -OCH3 is 1. The minimum absolute atomic E-state index is 0.169. The summed E-state index contributed by atoms with van der Waals surface area (Å²) in [5.41, 5.74) is 1.07. The average Bonchev–Trinajstić information content (AvgIpc) is 3.52. The van der Waals surface area contributed by atoms with Crippen LogP contribution in [0.15, 0.2) is 80.1 Å². The maximum atomic E-state index is 13.8. The number of aromatic nitrogens is 1. The second-order valence-corrected chi connectivity index (χ2v) is 10.1. The molecular weight excluding hydrogens is 558 g/mol. The number of hydrogen-bond donors (Lipinski definition) is 0. The van der Waals surface area contributed by atoms with E-state index in [1.54, 1.807) is 63.4 Å². The number of nitrogens with zero attached hydrogens (tertiary/aromatic N) is 3. The third-order valence-electron chi connectivity index (χ3n) is 6.27. The fraction of sp³-hybridized carbons (Fsp3) is 0.179. The lowest BCUT2D eigenvalue weighted by molar-refractivity contribution is -0.384. The predicted octanol–water partition coefficient (Wildman–Crippen LogP) is 4.63. The number of furan rings is 1. The fourth-order valence-corrected chi connectivity index (χ4v) is 5.65. The summed E-state index contributed by atoms with van der Waals surface area (Å²) < 4.78 is 18.2. The first-order chi connectivity index (χ1) is 19.2. The number of halogens is 1. The second kappa shape index (κ2) is 10.9. The summed E-state index contributed by atoms with van der Waals surface area (Å²) in [5, 5.41) is 11.8. The van der Waals surface area contributed by atoms with Gasteiger partial charge in [-0.15, -0.1) is 0 Å². The van der Waals surface area contributed by atoms with E-state index >= 15 is 0 Å². The number of rotatable bonds is 7. The molecule has 3 heterocycles. The molecule has 0 saturated heterocycles. The van der Waals surface area contributed by atoms with Crippen molar-refractivity contribution in [2.45, 2.75) is 19.9 Å². The number of carbonyl (C=O) groups is 1. The van der Waals surface area contributed by atoms with Crippen molar-refractivity contribution >= 4 is 40.7 Å². The quantitative estimate of drug-likeness (QED) is 0.177. The summed E-state index contributed by atoms with van der Waals surface area (Å²) in [4.78, 5) is 42.7. The van der Waals surface area contributed by atoms with Crippen molar-refractivity contribution in [3.8, 4) is 17.1 Å². The lowest BCUT2D eigenvalue weighted by atomic mass is 9.96. The Morgan fingerprint density at radius 1 is 1.23 bits per heavy atom. The van der Waals surface area contributed by atoms with E-state index < -0.39 is 16.9 Å². The molecule has 0 fully saturated rings. The Morgan fingerprint density at radius 2 is 1.98 bits per heavy atom. The van der Waals surface area contributed by atoms with Gasteiger partial charge in [0.15, 0.2) is 4.80 Å². The number of allylic oxidation sites excluding steroid dienone is 1. The van der Waals surface area contributed by atoms with Crippen molar-refractivity contribution < 1.29 is 23.6 Å². The maximum Gasteiger partial charge on any atom is 0.338 e. The normalized spacial score (nSPS) is 15.0. The predicted molar refractivity (Wildman–Crippen MR) is 149 cm³/mol. The standard InChI is InChI=1S/C28H22ClN3O7S/c1-4-38-27(34)24-15(2)30-28-31(25(24)16-5-8-18(37-3)9-6-16)26(33)23(40-28)14-19-10-12-22(39-19)20-11-7-17(29)13-21(20)32(35)36/h5-14,25H,4H2,1-3H3/b23-14-. The molecule has 0 amide bonds. The third kappa shape index (κ3) is 4.96. The van der Waals surface area contributed by atoms with Gasteiger partial charge in [-0.1, -0.05) is 35.1 Å². The van der Waals surface area contributed by atoms with Gasteiger partial charge in [-0.3, -0.25) is 19.5 Å². The Morgan fingerprint density at radius 3 is 2.65 bits per heavy atom. The zero-order chi connectivity index (χ0) is 28.6. The Kier molecular flexibility index (Phi) is 7.42. The largest absolute Gasteiger partial charge is 0.497 e. The van der Waals surface area contributed by atoms with Crippen LogP contribution in [0, 0.1) is 10.1 Å². The number of thiazole rings is 1. The van der Waals surface area contributed by atoms with Gasteiger partial charge in [0.1, 0.15) is 17.3 Å². The average molecular weight is 580 g/mol. The molecule has 0 bridgehead atoms. The molecular formula is C28H22ClN3O7S. The monoisotopic (exact) mass is 579 g/mol. The molecule has 5 rings (SSSR count). The first-order valence-corrected chi connectivity index (χ1v) is 13.3. The van der Waals surface area contributed by atoms with Gasteiger partial charge in [-0.2, -0.15) is 0 Å². The minimum Gasteiger partial charge on any atom is -0.497 e. The van der Waals surface area contributed by atoms with E-state index in [4.69, 9.17) is 25.5 Å². The number of nitro groups is 1. The van der Waals surface area contributed by atoms with E-state index in [-0.39, 0.29) is 39.8 Å². The number of fused-ring (bicyclic) bond motifs is 1. The molecule has 0 saturated carbocycles. The molecule has 1 unspecified atom stereocenters. The van der Waals surface area contributed by atoms with Crippen molar-refractivity contribution in [3.63, 3.8) is 0 Å². The van der Waals surface area contributed by atoms with Gasteiger partial charge in [-0.05, 0) is 55.8 Å². The fourth-order valence-electron chi connectivity index (χ4n) is 4.46. The number of hydrogen-bond acceptors (Lipinski definition) is 9. The van der Waals surface area contributed by atoms with Crippen molar-refractivity contribution in [2.24, 2.45) is 4.99 Å². The summed E-state index contributed by atoms with van der Waals surface area (Å²) in [7, 11) is 1.55. The van der Waals surface area contributed by atoms with Gasteiger partial charge in [0.2, 0.25) is 0 Å². The van der Waals surface area contributed by atoms with E-state index in [2.05, 4.69) is 4.99 Å². The number of carbonyl (C=O) groups excluding carboxylic acids is 1. The number of esters is 1. The zero-order valence-electron chi connectivity index (χ0n) is 21.5. The highest BCUT2D eigenvalue weighted by Gasteiger charge is 2.33. The molecule has 1 aliphatic rings. The van der Waals surface area contributed by atoms with E-state index in [1.807, 2.05) is 0 Å². The van der Waals surface area contributed by atoms with Crippen LogP contribution in [0.1, 0.15) is 31.2 Å². The summed E-state index contributed by atoms with van der Waals surface area (Å²) in [5.74, 6) is 0.633. The summed E-state index contributed by atoms with van der Waals surface area (Å²) >= 11 is 7.07. The molecule has 0 radical (unpaired) electrons. The lowest BCUT2D eigenvalue weighted by Gasteiger charge is -2.24. The zero-order valence-corrected chi connectivity index (χ0v) is 23.1. The molecule has 1 aliphatic heterocycles. The number of ether oxygens (including phenoxy) is 2. The Labute approximate surface area is 236 Å². The van der Waals surface area contributed by atoms with Crippen LogP contribution in [0.5, 0.6) is 5.75 Å². The van der Waals surface area contributed by atoms with E-state index in [0.717, 1.165) is 11.3 Å². The van der Waals surface area contributed by atoms with Crippen molar-refractivity contribution in [3.05, 3.63) is 112 Å². The molecule has 2 aromatic heterocycles. The molecule has 204 valence electrons. The summed E-state index contributed by atoms with van der Waals surface area (Å²) in [6.45, 7) is 3.58. The topological polar surface area (TPSA) is 126 Å². The van der Waals surface area contributed by atoms with Gasteiger partial charge < -0.3 is 13.9 Å². The number of benzene rings is 2. The van der Waals surface area contributed by atoms with Crippen LogP contribution in [-0.4, -0.2) is 29.2 Å². The van der Waals surface area contributed by atoms with E-state index in [9.17, 15) is 19.7 Å². The van der Waals surface area contributed by atoms with Crippen molar-refractivity contribution in [1.29, 1.82) is 0 Å². The molecule has 4 aromatic rings. The Balaban J connectivity index is 1.63. The first kappa shape index (κ1) is 27.1. The van der Waals surface area contributed by atoms with E-state index in [1.165, 1.54) is 22.8 Å². The molecule has 12 heteroatoms. The second-order valence-electron chi connectivity index (χ2n) is 8.70. The first-order valence-electron chi connectivity index (χ1n) is 12.1. The smallest absolute Gasteiger partial charge is 0.338 e. The minimum atomic E-state index is -0.771. The van der Waals surface area contributed by atoms with Gasteiger partial charge in [0, 0.05) is 17.2 Å². The molecule has 0 spiro atoms. The summed E-state index contributed by atoms with van der Waals surface area (Å²) in [6, 6.07) is 13.8. The van der Waals surface area contributed by atoms with Crippen molar-refractivity contribution in [1.82, 2.24) is 4.57 Å². The molecule has 40 heavy (non-hydrogen) atoms. The van der Waals surface area contributed by atoms with Crippen LogP contribution >= 0.6 is 22.9 Å².